The zero-order valence-electron chi connectivity index (χ0n) is 10.8. The molecule has 0 aromatic carbocycles. The number of hydrogen-bond acceptors (Lipinski definition) is 4. The van der Waals surface area contributed by atoms with Crippen LogP contribution >= 0.6 is 0 Å². The van der Waals surface area contributed by atoms with E-state index in [0.29, 0.717) is 19.7 Å². The molecule has 0 unspecified atom stereocenters. The first-order chi connectivity index (χ1) is 8.33. The van der Waals surface area contributed by atoms with Crippen LogP contribution in [-0.2, 0) is 9.53 Å². The van der Waals surface area contributed by atoms with Gasteiger partial charge in [-0.1, -0.05) is 6.42 Å². The highest BCUT2D eigenvalue weighted by molar-refractivity contribution is 5.77. The number of piperidine rings is 1. The van der Waals surface area contributed by atoms with Gasteiger partial charge in [-0.15, -0.1) is 0 Å². The summed E-state index contributed by atoms with van der Waals surface area (Å²) in [4.78, 5) is 13.8. The van der Waals surface area contributed by atoms with Gasteiger partial charge in [0, 0.05) is 26.7 Å². The highest BCUT2D eigenvalue weighted by atomic mass is 16.5. The summed E-state index contributed by atoms with van der Waals surface area (Å²) in [5.41, 5.74) is 0. The molecule has 1 fully saturated rings. The van der Waals surface area contributed by atoms with Gasteiger partial charge in [-0.2, -0.15) is 0 Å². The maximum Gasteiger partial charge on any atom is 0.234 e. The van der Waals surface area contributed by atoms with Crippen LogP contribution in [0.15, 0.2) is 0 Å². The summed E-state index contributed by atoms with van der Waals surface area (Å²) in [6.07, 6.45) is 4.00. The zero-order valence-corrected chi connectivity index (χ0v) is 10.8. The smallest absolute Gasteiger partial charge is 0.234 e. The number of ether oxygens (including phenoxy) is 1. The topological polar surface area (TPSA) is 53.6 Å². The molecule has 1 amide bonds. The summed E-state index contributed by atoms with van der Waals surface area (Å²) in [6.45, 7) is 5.91. The Balaban J connectivity index is 1.90. The van der Waals surface area contributed by atoms with E-state index in [-0.39, 0.29) is 5.91 Å². The number of carbonyl (C=O) groups excluding carboxylic acids is 1. The molecule has 1 rings (SSSR count). The van der Waals surface area contributed by atoms with Gasteiger partial charge in [0.2, 0.25) is 5.91 Å². The molecule has 0 saturated carbocycles. The molecule has 2 N–H and O–H groups in total. The van der Waals surface area contributed by atoms with E-state index < -0.39 is 0 Å². The van der Waals surface area contributed by atoms with E-state index in [1.54, 1.807) is 7.11 Å². The van der Waals surface area contributed by atoms with Crippen LogP contribution in [-0.4, -0.2) is 63.8 Å². The Morgan fingerprint density at radius 3 is 2.71 bits per heavy atom. The third kappa shape index (κ3) is 7.31. The van der Waals surface area contributed by atoms with Crippen molar-refractivity contribution in [3.63, 3.8) is 0 Å². The SMILES string of the molecule is COCCNC(=O)CNCCN1CCCCC1. The summed E-state index contributed by atoms with van der Waals surface area (Å²) >= 11 is 0. The van der Waals surface area contributed by atoms with Gasteiger partial charge in [-0.05, 0) is 25.9 Å². The average molecular weight is 243 g/mol. The number of nitrogens with one attached hydrogen (secondary N) is 2. The fourth-order valence-corrected chi connectivity index (χ4v) is 1.98. The Kier molecular flexibility index (Phi) is 7.96. The molecule has 0 aromatic rings. The number of nitrogens with zero attached hydrogens (tertiary/aromatic N) is 1. The van der Waals surface area contributed by atoms with Crippen LogP contribution in [0.5, 0.6) is 0 Å². The Morgan fingerprint density at radius 2 is 2.00 bits per heavy atom. The quantitative estimate of drug-likeness (QED) is 0.581. The molecule has 5 nitrogen and oxygen atoms in total. The van der Waals surface area contributed by atoms with Crippen molar-refractivity contribution in [2.75, 3.05) is 53.0 Å². The van der Waals surface area contributed by atoms with Crippen LogP contribution in [0, 0.1) is 0 Å². The molecule has 0 bridgehead atoms. The molecule has 1 heterocycles. The van der Waals surface area contributed by atoms with E-state index in [4.69, 9.17) is 4.74 Å². The highest BCUT2D eigenvalue weighted by Gasteiger charge is 2.09. The molecular weight excluding hydrogens is 218 g/mol. The van der Waals surface area contributed by atoms with Crippen molar-refractivity contribution < 1.29 is 9.53 Å². The Labute approximate surface area is 104 Å². The van der Waals surface area contributed by atoms with E-state index in [1.807, 2.05) is 0 Å². The fraction of sp³-hybridized carbons (Fsp3) is 0.917. The van der Waals surface area contributed by atoms with Crippen molar-refractivity contribution in [3.05, 3.63) is 0 Å². The van der Waals surface area contributed by atoms with Crippen molar-refractivity contribution >= 4 is 5.91 Å². The van der Waals surface area contributed by atoms with E-state index in [9.17, 15) is 4.79 Å². The van der Waals surface area contributed by atoms with E-state index >= 15 is 0 Å². The molecule has 1 saturated heterocycles. The lowest BCUT2D eigenvalue weighted by molar-refractivity contribution is -0.120. The van der Waals surface area contributed by atoms with Gasteiger partial charge in [0.05, 0.1) is 13.2 Å². The van der Waals surface area contributed by atoms with Crippen molar-refractivity contribution in [2.24, 2.45) is 0 Å². The van der Waals surface area contributed by atoms with Crippen LogP contribution < -0.4 is 10.6 Å². The lowest BCUT2D eigenvalue weighted by Crippen LogP contribution is -2.40. The molecule has 0 aromatic heterocycles. The number of hydrogen-bond donors (Lipinski definition) is 2. The molecular formula is C12H25N3O2. The predicted octanol–water partition coefficient (Wildman–Crippen LogP) is -0.175. The van der Waals surface area contributed by atoms with Crippen molar-refractivity contribution in [1.29, 1.82) is 0 Å². The summed E-state index contributed by atoms with van der Waals surface area (Å²) in [7, 11) is 1.63. The van der Waals surface area contributed by atoms with Crippen molar-refractivity contribution in [2.45, 2.75) is 19.3 Å². The molecule has 100 valence electrons. The Morgan fingerprint density at radius 1 is 1.24 bits per heavy atom. The number of methoxy groups -OCH3 is 1. The van der Waals surface area contributed by atoms with Gasteiger partial charge in [0.25, 0.3) is 0 Å². The van der Waals surface area contributed by atoms with Crippen LogP contribution in [0.3, 0.4) is 0 Å². The zero-order chi connectivity index (χ0) is 12.3. The van der Waals surface area contributed by atoms with Gasteiger partial charge in [0.15, 0.2) is 0 Å². The second-order valence-electron chi connectivity index (χ2n) is 4.42. The minimum absolute atomic E-state index is 0.0423. The van der Waals surface area contributed by atoms with E-state index in [1.165, 1.54) is 32.4 Å². The van der Waals surface area contributed by atoms with Crippen LogP contribution in [0.4, 0.5) is 0 Å². The molecule has 1 aliphatic rings. The van der Waals surface area contributed by atoms with Gasteiger partial charge < -0.3 is 20.3 Å². The molecule has 17 heavy (non-hydrogen) atoms. The van der Waals surface area contributed by atoms with Gasteiger partial charge in [0.1, 0.15) is 0 Å². The van der Waals surface area contributed by atoms with Gasteiger partial charge >= 0.3 is 0 Å². The minimum atomic E-state index is 0.0423. The van der Waals surface area contributed by atoms with Crippen LogP contribution in [0.25, 0.3) is 0 Å². The Bertz CT molecular complexity index is 206. The second-order valence-corrected chi connectivity index (χ2v) is 4.42. The summed E-state index contributed by atoms with van der Waals surface area (Å²) in [5, 5.41) is 5.95. The summed E-state index contributed by atoms with van der Waals surface area (Å²) in [5.74, 6) is 0.0423. The first-order valence-corrected chi connectivity index (χ1v) is 6.51. The monoisotopic (exact) mass is 243 g/mol. The van der Waals surface area contributed by atoms with Crippen molar-refractivity contribution in [1.82, 2.24) is 15.5 Å². The molecule has 0 radical (unpaired) electrons. The van der Waals surface area contributed by atoms with Crippen LogP contribution in [0.2, 0.25) is 0 Å². The second kappa shape index (κ2) is 9.39. The first-order valence-electron chi connectivity index (χ1n) is 6.51. The van der Waals surface area contributed by atoms with Crippen LogP contribution in [0.1, 0.15) is 19.3 Å². The lowest BCUT2D eigenvalue weighted by Gasteiger charge is -2.26. The van der Waals surface area contributed by atoms with Gasteiger partial charge in [-0.25, -0.2) is 0 Å². The average Bonchev–Trinajstić information content (AvgIpc) is 2.36. The molecule has 1 aliphatic heterocycles. The molecule has 0 spiro atoms. The maximum atomic E-state index is 11.3. The minimum Gasteiger partial charge on any atom is -0.383 e. The Hall–Kier alpha value is -0.650. The maximum absolute atomic E-state index is 11.3. The number of amides is 1. The normalized spacial score (nSPS) is 17.0. The van der Waals surface area contributed by atoms with Crippen molar-refractivity contribution in [3.8, 4) is 0 Å². The lowest BCUT2D eigenvalue weighted by atomic mass is 10.1. The fourth-order valence-electron chi connectivity index (χ4n) is 1.98. The predicted molar refractivity (Wildman–Crippen MR) is 68.0 cm³/mol. The molecule has 0 aliphatic carbocycles. The van der Waals surface area contributed by atoms with E-state index in [0.717, 1.165) is 13.1 Å². The standard InChI is InChI=1S/C12H25N3O2/c1-17-10-6-14-12(16)11-13-5-9-15-7-3-2-4-8-15/h13H,2-11H2,1H3,(H,14,16). The summed E-state index contributed by atoms with van der Waals surface area (Å²) < 4.78 is 4.86. The summed E-state index contributed by atoms with van der Waals surface area (Å²) in [6, 6.07) is 0. The molecule has 5 heteroatoms. The number of carbonyl (C=O) groups is 1. The first kappa shape index (κ1) is 14.4. The van der Waals surface area contributed by atoms with E-state index in [2.05, 4.69) is 15.5 Å². The largest absolute Gasteiger partial charge is 0.383 e. The number of rotatable bonds is 8. The highest BCUT2D eigenvalue weighted by Crippen LogP contribution is 2.06. The van der Waals surface area contributed by atoms with Gasteiger partial charge in [-0.3, -0.25) is 4.79 Å². The third-order valence-electron chi connectivity index (χ3n) is 2.97. The number of likely N-dealkylation sites (tertiary alicyclic amines) is 1. The molecule has 0 atom stereocenters. The third-order valence-corrected chi connectivity index (χ3v) is 2.97.